The number of rotatable bonds is 2. The third-order valence-corrected chi connectivity index (χ3v) is 2.38. The fraction of sp³-hybridized carbons (Fsp3) is 0. The molecule has 0 aliphatic carbocycles. The quantitative estimate of drug-likeness (QED) is 0.700. The van der Waals surface area contributed by atoms with E-state index < -0.39 is 5.97 Å². The number of furan rings is 1. The molecule has 0 unspecified atom stereocenters. The van der Waals surface area contributed by atoms with Crippen LogP contribution in [0.2, 0.25) is 0 Å². The average molecular weight is 229 g/mol. The van der Waals surface area contributed by atoms with E-state index in [1.54, 1.807) is 12.1 Å². The van der Waals surface area contributed by atoms with E-state index in [9.17, 15) is 4.79 Å². The second-order valence-electron chi connectivity index (χ2n) is 3.42. The van der Waals surface area contributed by atoms with Gasteiger partial charge in [0.15, 0.2) is 17.2 Å². The molecule has 3 aromatic heterocycles. The molecule has 6 nitrogen and oxygen atoms in total. The van der Waals surface area contributed by atoms with E-state index >= 15 is 0 Å². The van der Waals surface area contributed by atoms with Crippen LogP contribution in [0.5, 0.6) is 0 Å². The van der Waals surface area contributed by atoms with Crippen molar-refractivity contribution in [1.29, 1.82) is 0 Å². The summed E-state index contributed by atoms with van der Waals surface area (Å²) in [4.78, 5) is 22.1. The summed E-state index contributed by atoms with van der Waals surface area (Å²) >= 11 is 0. The van der Waals surface area contributed by atoms with Crippen molar-refractivity contribution >= 4 is 17.1 Å². The lowest BCUT2D eigenvalue weighted by molar-refractivity contribution is 0.0698. The van der Waals surface area contributed by atoms with Gasteiger partial charge in [0, 0.05) is 6.20 Å². The fourth-order valence-electron chi connectivity index (χ4n) is 1.62. The van der Waals surface area contributed by atoms with Gasteiger partial charge in [-0.05, 0) is 18.2 Å². The molecule has 0 spiro atoms. The van der Waals surface area contributed by atoms with Crippen LogP contribution < -0.4 is 0 Å². The van der Waals surface area contributed by atoms with Gasteiger partial charge in [-0.25, -0.2) is 14.8 Å². The number of aromatic nitrogens is 3. The third kappa shape index (κ3) is 1.46. The summed E-state index contributed by atoms with van der Waals surface area (Å²) in [7, 11) is 0. The number of pyridine rings is 1. The summed E-state index contributed by atoms with van der Waals surface area (Å²) < 4.78 is 5.18. The van der Waals surface area contributed by atoms with Crippen molar-refractivity contribution in [3.63, 3.8) is 0 Å². The van der Waals surface area contributed by atoms with Gasteiger partial charge in [-0.1, -0.05) is 0 Å². The maximum atomic E-state index is 11.0. The SMILES string of the molecule is O=C(O)c1ccnc2nc(-c3ccco3)[nH]c12. The van der Waals surface area contributed by atoms with Gasteiger partial charge in [0.25, 0.3) is 0 Å². The molecule has 0 saturated heterocycles. The first kappa shape index (κ1) is 9.59. The van der Waals surface area contributed by atoms with Crippen molar-refractivity contribution in [2.75, 3.05) is 0 Å². The van der Waals surface area contributed by atoms with Gasteiger partial charge in [0.2, 0.25) is 0 Å². The average Bonchev–Trinajstić information content (AvgIpc) is 2.96. The van der Waals surface area contributed by atoms with Crippen LogP contribution in [-0.2, 0) is 0 Å². The standard InChI is InChI=1S/C11H7N3O3/c15-11(16)6-3-4-12-10-8(6)13-9(14-10)7-2-1-5-17-7/h1-5H,(H,15,16)(H,12,13,14). The molecule has 17 heavy (non-hydrogen) atoms. The third-order valence-electron chi connectivity index (χ3n) is 2.38. The number of nitrogens with one attached hydrogen (secondary N) is 1. The topological polar surface area (TPSA) is 92.0 Å². The molecule has 3 heterocycles. The van der Waals surface area contributed by atoms with Crippen molar-refractivity contribution < 1.29 is 14.3 Å². The van der Waals surface area contributed by atoms with Gasteiger partial charge in [0.05, 0.1) is 17.3 Å². The summed E-state index contributed by atoms with van der Waals surface area (Å²) in [6.07, 6.45) is 2.94. The number of imidazole rings is 1. The van der Waals surface area contributed by atoms with E-state index in [1.165, 1.54) is 18.5 Å². The summed E-state index contributed by atoms with van der Waals surface area (Å²) in [5, 5.41) is 9.02. The zero-order valence-electron chi connectivity index (χ0n) is 8.54. The highest BCUT2D eigenvalue weighted by Crippen LogP contribution is 2.21. The summed E-state index contributed by atoms with van der Waals surface area (Å²) in [5.41, 5.74) is 0.892. The van der Waals surface area contributed by atoms with Crippen molar-refractivity contribution in [3.8, 4) is 11.6 Å². The lowest BCUT2D eigenvalue weighted by Crippen LogP contribution is -1.97. The Kier molecular flexibility index (Phi) is 1.94. The highest BCUT2D eigenvalue weighted by atomic mass is 16.4. The number of carboxylic acids is 1. The normalized spacial score (nSPS) is 10.8. The van der Waals surface area contributed by atoms with Crippen LogP contribution in [0.1, 0.15) is 10.4 Å². The Morgan fingerprint density at radius 3 is 3.00 bits per heavy atom. The molecule has 0 bridgehead atoms. The molecule has 3 rings (SSSR count). The molecule has 0 fully saturated rings. The lowest BCUT2D eigenvalue weighted by atomic mass is 10.2. The molecular weight excluding hydrogens is 222 g/mol. The first-order valence-electron chi connectivity index (χ1n) is 4.87. The Morgan fingerprint density at radius 1 is 1.41 bits per heavy atom. The maximum Gasteiger partial charge on any atom is 0.338 e. The number of aromatic amines is 1. The first-order chi connectivity index (χ1) is 8.25. The molecule has 0 aliphatic rings. The number of aromatic carboxylic acids is 1. The minimum absolute atomic E-state index is 0.139. The minimum atomic E-state index is -1.02. The molecule has 0 aliphatic heterocycles. The number of hydrogen-bond acceptors (Lipinski definition) is 4. The number of nitrogens with zero attached hydrogens (tertiary/aromatic N) is 2. The Morgan fingerprint density at radius 2 is 2.29 bits per heavy atom. The Bertz CT molecular complexity index is 685. The van der Waals surface area contributed by atoms with E-state index in [4.69, 9.17) is 9.52 Å². The molecule has 2 N–H and O–H groups in total. The lowest BCUT2D eigenvalue weighted by Gasteiger charge is -1.93. The Labute approximate surface area is 94.9 Å². The van der Waals surface area contributed by atoms with Crippen LogP contribution in [0.25, 0.3) is 22.7 Å². The predicted octanol–water partition coefficient (Wildman–Crippen LogP) is 1.92. The van der Waals surface area contributed by atoms with Crippen LogP contribution in [0.15, 0.2) is 35.1 Å². The van der Waals surface area contributed by atoms with E-state index in [0.29, 0.717) is 22.7 Å². The fourth-order valence-corrected chi connectivity index (χ4v) is 1.62. The van der Waals surface area contributed by atoms with Crippen molar-refractivity contribution in [3.05, 3.63) is 36.2 Å². The highest BCUT2D eigenvalue weighted by Gasteiger charge is 2.14. The van der Waals surface area contributed by atoms with E-state index in [1.807, 2.05) is 0 Å². The van der Waals surface area contributed by atoms with Crippen molar-refractivity contribution in [2.24, 2.45) is 0 Å². The van der Waals surface area contributed by atoms with Gasteiger partial charge in [0.1, 0.15) is 0 Å². The molecule has 84 valence electrons. The molecule has 0 atom stereocenters. The van der Waals surface area contributed by atoms with Crippen molar-refractivity contribution in [2.45, 2.75) is 0 Å². The molecule has 6 heteroatoms. The van der Waals surface area contributed by atoms with E-state index in [-0.39, 0.29) is 5.56 Å². The monoisotopic (exact) mass is 229 g/mol. The number of fused-ring (bicyclic) bond motifs is 1. The van der Waals surface area contributed by atoms with Gasteiger partial charge < -0.3 is 14.5 Å². The first-order valence-corrected chi connectivity index (χ1v) is 4.87. The zero-order chi connectivity index (χ0) is 11.8. The van der Waals surface area contributed by atoms with Crippen LogP contribution in [0.4, 0.5) is 0 Å². The van der Waals surface area contributed by atoms with Crippen molar-refractivity contribution in [1.82, 2.24) is 15.0 Å². The molecule has 0 amide bonds. The van der Waals surface area contributed by atoms with Gasteiger partial charge in [-0.2, -0.15) is 0 Å². The summed E-state index contributed by atoms with van der Waals surface area (Å²) in [5.74, 6) is -0.0161. The molecule has 0 radical (unpaired) electrons. The van der Waals surface area contributed by atoms with E-state index in [2.05, 4.69) is 15.0 Å². The summed E-state index contributed by atoms with van der Waals surface area (Å²) in [6, 6.07) is 4.89. The van der Waals surface area contributed by atoms with Gasteiger partial charge in [-0.3, -0.25) is 0 Å². The molecular formula is C11H7N3O3. The molecule has 0 saturated carbocycles. The van der Waals surface area contributed by atoms with E-state index in [0.717, 1.165) is 0 Å². The zero-order valence-corrected chi connectivity index (χ0v) is 8.54. The number of carbonyl (C=O) groups is 1. The minimum Gasteiger partial charge on any atom is -0.478 e. The van der Waals surface area contributed by atoms with Crippen LogP contribution >= 0.6 is 0 Å². The highest BCUT2D eigenvalue weighted by molar-refractivity contribution is 6.00. The second kappa shape index (κ2) is 3.44. The Hall–Kier alpha value is -2.63. The largest absolute Gasteiger partial charge is 0.478 e. The maximum absolute atomic E-state index is 11.0. The van der Waals surface area contributed by atoms with Crippen LogP contribution in [0, 0.1) is 0 Å². The number of H-pyrrole nitrogens is 1. The smallest absolute Gasteiger partial charge is 0.338 e. The molecule has 0 aromatic carbocycles. The number of hydrogen-bond donors (Lipinski definition) is 2. The molecule has 3 aromatic rings. The van der Waals surface area contributed by atoms with Gasteiger partial charge >= 0.3 is 5.97 Å². The van der Waals surface area contributed by atoms with Crippen LogP contribution in [-0.4, -0.2) is 26.0 Å². The van der Waals surface area contributed by atoms with Crippen LogP contribution in [0.3, 0.4) is 0 Å². The second-order valence-corrected chi connectivity index (χ2v) is 3.42. The summed E-state index contributed by atoms with van der Waals surface area (Å²) in [6.45, 7) is 0. The van der Waals surface area contributed by atoms with Gasteiger partial charge in [-0.15, -0.1) is 0 Å². The predicted molar refractivity (Wildman–Crippen MR) is 58.6 cm³/mol. The Balaban J connectivity index is 2.26. The number of carboxylic acid groups (broad SMARTS) is 1.